The molecule has 0 aliphatic carbocycles. The molecule has 3 atom stereocenters. The number of nitrogens with one attached hydrogen (secondary N) is 9. The van der Waals surface area contributed by atoms with Crippen LogP contribution in [0.4, 0.5) is 88.0 Å². The summed E-state index contributed by atoms with van der Waals surface area (Å²) in [5, 5.41) is 31.9. The van der Waals surface area contributed by atoms with Crippen molar-refractivity contribution in [3.8, 4) is 11.5 Å². The molecule has 3 aliphatic rings. The highest BCUT2D eigenvalue weighted by Gasteiger charge is 2.34. The van der Waals surface area contributed by atoms with Gasteiger partial charge in [-0.15, -0.1) is 10.2 Å². The average molecular weight is 1270 g/mol. The number of ether oxygens (including phenoxy) is 3. The van der Waals surface area contributed by atoms with Crippen molar-refractivity contribution in [3.05, 3.63) is 179 Å². The number of carboxylic acid groups (broad SMARTS) is 1. The van der Waals surface area contributed by atoms with E-state index in [1.807, 2.05) is 5.43 Å². The molecule has 7 aromatic rings. The third-order valence-corrected chi connectivity index (χ3v) is 11.7. The maximum absolute atomic E-state index is 12.7. The highest BCUT2D eigenvalue weighted by Crippen LogP contribution is 2.35. The van der Waals surface area contributed by atoms with E-state index in [4.69, 9.17) is 24.8 Å². The highest BCUT2D eigenvalue weighted by molar-refractivity contribution is 6.02. The Hall–Kier alpha value is -11.1. The van der Waals surface area contributed by atoms with Crippen molar-refractivity contribution in [2.75, 3.05) is 35.6 Å². The Morgan fingerprint density at radius 1 is 0.489 bits per heavy atom. The first-order valence-corrected chi connectivity index (χ1v) is 24.9. The van der Waals surface area contributed by atoms with Crippen LogP contribution in [0.1, 0.15) is 71.7 Å². The maximum Gasteiger partial charge on any atom is 0.416 e. The zero-order valence-electron chi connectivity index (χ0n) is 44.0. The number of rotatable bonds is 12. The zero-order chi connectivity index (χ0) is 63.1. The van der Waals surface area contributed by atoms with Crippen molar-refractivity contribution in [3.63, 3.8) is 0 Å². The smallest absolute Gasteiger partial charge is 0.416 e. The van der Waals surface area contributed by atoms with Gasteiger partial charge in [0.1, 0.15) is 0 Å². The number of hydrogen-bond donors (Lipinski definition) is 11. The number of hydrazine groups is 2. The van der Waals surface area contributed by atoms with E-state index >= 15 is 0 Å². The lowest BCUT2D eigenvalue weighted by molar-refractivity contribution is -0.144. The normalized spacial score (nSPS) is 15.3. The van der Waals surface area contributed by atoms with Crippen molar-refractivity contribution < 1.29 is 96.8 Å². The van der Waals surface area contributed by atoms with Gasteiger partial charge in [-0.25, -0.2) is 25.0 Å². The fourth-order valence-corrected chi connectivity index (χ4v) is 7.46. The molecule has 90 heavy (non-hydrogen) atoms. The van der Waals surface area contributed by atoms with Crippen LogP contribution in [0.15, 0.2) is 150 Å². The van der Waals surface area contributed by atoms with Crippen LogP contribution in [0.2, 0.25) is 0 Å². The third kappa shape index (κ3) is 20.0. The molecule has 3 fully saturated rings. The lowest BCUT2D eigenvalue weighted by atomic mass is 10.1. The number of carbonyl (C=O) groups excluding carboxylic acids is 6. The summed E-state index contributed by atoms with van der Waals surface area (Å²) >= 11 is 0. The van der Waals surface area contributed by atoms with Gasteiger partial charge in [0.2, 0.25) is 18.1 Å². The molecular formula is C57H57F9N12O12. The number of amides is 6. The minimum atomic E-state index is -4.45. The van der Waals surface area contributed by atoms with Crippen molar-refractivity contribution in [1.29, 1.82) is 0 Å². The van der Waals surface area contributed by atoms with Gasteiger partial charge in [0.15, 0.2) is 6.10 Å². The summed E-state index contributed by atoms with van der Waals surface area (Å²) in [7, 11) is 0. The van der Waals surface area contributed by atoms with Gasteiger partial charge in [0.25, 0.3) is 23.6 Å². The number of anilines is 6. The summed E-state index contributed by atoms with van der Waals surface area (Å²) in [6, 6.07) is 33.2. The molecule has 0 spiro atoms. The molecule has 24 nitrogen and oxygen atoms in total. The van der Waals surface area contributed by atoms with E-state index in [0.717, 1.165) is 36.4 Å². The number of hydrogen-bond acceptors (Lipinski definition) is 17. The Kier molecular flexibility index (Phi) is 25.0. The number of carbonyl (C=O) groups is 7. The molecule has 480 valence electrons. The van der Waals surface area contributed by atoms with Gasteiger partial charge >= 0.3 is 42.8 Å². The van der Waals surface area contributed by atoms with Crippen molar-refractivity contribution >= 4 is 76.1 Å². The van der Waals surface area contributed by atoms with E-state index in [9.17, 15) is 73.1 Å². The molecule has 3 aliphatic heterocycles. The summed E-state index contributed by atoms with van der Waals surface area (Å²) in [6.45, 7) is 0.271. The third-order valence-electron chi connectivity index (χ3n) is 11.7. The van der Waals surface area contributed by atoms with Crippen LogP contribution < -0.4 is 54.0 Å². The first-order valence-electron chi connectivity index (χ1n) is 24.9. The second-order valence-corrected chi connectivity index (χ2v) is 17.8. The molecule has 33 heteroatoms. The van der Waals surface area contributed by atoms with E-state index in [2.05, 4.69) is 57.7 Å². The first kappa shape index (κ1) is 71.4. The minimum Gasteiger partial charge on any atom is -0.478 e. The van der Waals surface area contributed by atoms with Gasteiger partial charge < -0.3 is 55.6 Å². The number of aromatic nitrogens is 2. The molecule has 10 rings (SSSR count). The monoisotopic (exact) mass is 1270 g/mol. The Morgan fingerprint density at radius 2 is 0.878 bits per heavy atom. The summed E-state index contributed by atoms with van der Waals surface area (Å²) in [6.07, 6.45) is -17.9. The Morgan fingerprint density at radius 3 is 1.27 bits per heavy atom. The van der Waals surface area contributed by atoms with E-state index in [1.54, 1.807) is 66.7 Å². The molecule has 0 radical (unpaired) electrons. The number of cyclic esters (lactones) is 3. The first-order chi connectivity index (χ1) is 41.2. The lowest BCUT2D eigenvalue weighted by Gasteiger charge is -2.14. The fourth-order valence-electron chi connectivity index (χ4n) is 7.46. The molecule has 12 N–H and O–H groups in total. The molecule has 3 saturated heterocycles. The Balaban J connectivity index is 0.000000267. The van der Waals surface area contributed by atoms with Gasteiger partial charge in [-0.1, -0.05) is 58.7 Å². The fraction of sp³-hybridized carbons (Fsp3) is 0.211. The van der Waals surface area contributed by atoms with Crippen LogP contribution >= 0.6 is 0 Å². The zero-order valence-corrected chi connectivity index (χ0v) is 44.0. The van der Waals surface area contributed by atoms with Crippen molar-refractivity contribution in [2.45, 2.75) is 59.1 Å². The predicted octanol–water partition coefficient (Wildman–Crippen LogP) is 10.7. The van der Waals surface area contributed by atoms with Gasteiger partial charge in [0, 0.05) is 17.1 Å². The second kappa shape index (κ2) is 31.5. The molecular weight excluding hydrogens is 1220 g/mol. The largest absolute Gasteiger partial charge is 0.478 e. The second-order valence-electron chi connectivity index (χ2n) is 17.8. The van der Waals surface area contributed by atoms with Gasteiger partial charge in [-0.2, -0.15) is 39.5 Å². The topological polar surface area (TPSA) is 341 Å². The maximum atomic E-state index is 12.7. The summed E-state index contributed by atoms with van der Waals surface area (Å²) < 4.78 is 133. The van der Waals surface area contributed by atoms with Crippen LogP contribution in [0.25, 0.3) is 11.5 Å². The Labute approximate surface area is 505 Å². The average Bonchev–Trinajstić information content (AvgIpc) is 1.69. The molecule has 6 aromatic carbocycles. The predicted molar refractivity (Wildman–Crippen MR) is 306 cm³/mol. The van der Waals surface area contributed by atoms with Crippen LogP contribution in [0, 0.1) is 0 Å². The number of aliphatic carboxylic acids is 1. The van der Waals surface area contributed by atoms with Crippen LogP contribution in [-0.4, -0.2) is 89.1 Å². The number of carboxylic acids is 1. The summed E-state index contributed by atoms with van der Waals surface area (Å²) in [5.74, 6) is 2.41. The number of nitrogens with zero attached hydrogens (tertiary/aromatic N) is 2. The number of alkyl halides is 9. The van der Waals surface area contributed by atoms with Gasteiger partial charge in [-0.3, -0.25) is 30.7 Å². The summed E-state index contributed by atoms with van der Waals surface area (Å²) in [4.78, 5) is 78.1. The standard InChI is InChI=1S/C18H15F3N4O4.C18H13F3N4O3.C14H12F3N3O.C4H5NO4.3CH4/c19-18(20,21)10-5-7-11(8-6-10)23-13-4-2-1-3-12(13)15(26)24-25-16(27)14-9-22-17(28)29-14;19-18(20,21)10-5-7-11(8-6-10)23-13-4-2-1-3-12(13)15-24-25-16(28-15)14-9-22-17(26)27-14;15-14(16,17)9-5-7-10(8-6-9)19-12-4-2-1-3-11(12)13(21)20-18;6-3(7)2-1-5-4(8)9-2;;;/h1-8,14,23H,9H2,(H,22,28)(H,24,26)(H,25,27);1-8,14,23H,9H2,(H,22,26);1-8,19H,18H2,(H,20,21);2H,1H2,(H,5,8)(H,6,7);3*1H4. The number of alkyl carbamates (subject to hydrolysis) is 3. The molecule has 0 saturated carbocycles. The number of benzene rings is 6. The van der Waals surface area contributed by atoms with Gasteiger partial charge in [-0.05, 0) is 109 Å². The van der Waals surface area contributed by atoms with Crippen LogP contribution in [0.3, 0.4) is 0 Å². The molecule has 0 bridgehead atoms. The van der Waals surface area contributed by atoms with Gasteiger partial charge in [0.05, 0.1) is 70.1 Å². The molecule has 3 unspecified atom stereocenters. The number of nitrogen functional groups attached to an aromatic ring is 1. The number of halogens is 9. The van der Waals surface area contributed by atoms with E-state index in [1.165, 1.54) is 42.5 Å². The Bertz CT molecular complexity index is 3590. The molecule has 1 aromatic heterocycles. The van der Waals surface area contributed by atoms with E-state index in [0.29, 0.717) is 45.3 Å². The van der Waals surface area contributed by atoms with Crippen LogP contribution in [-0.2, 0) is 42.3 Å². The SMILES string of the molecule is C.C.C.NNC(=O)c1ccccc1Nc1ccc(C(F)(F)F)cc1.O=C1NCC(C(=O)NNC(=O)c2ccccc2Nc2ccc(C(F)(F)F)cc2)O1.O=C1NCC(C(=O)O)O1.O=C1NCC(c2nnc(-c3ccccc3Nc3ccc(C(F)(F)F)cc3)o2)O1. The number of nitrogens with two attached hydrogens (primary N) is 1. The summed E-state index contributed by atoms with van der Waals surface area (Å²) in [5.41, 5.74) is 7.64. The highest BCUT2D eigenvalue weighted by atomic mass is 19.4. The van der Waals surface area contributed by atoms with Crippen LogP contribution in [0.5, 0.6) is 0 Å². The quantitative estimate of drug-likeness (QED) is 0.0178. The minimum absolute atomic E-state index is 0. The lowest BCUT2D eigenvalue weighted by Crippen LogP contribution is -2.47. The van der Waals surface area contributed by atoms with E-state index in [-0.39, 0.29) is 59.3 Å². The van der Waals surface area contributed by atoms with Crippen molar-refractivity contribution in [2.24, 2.45) is 5.84 Å². The number of para-hydroxylation sites is 3. The van der Waals surface area contributed by atoms with E-state index < -0.39 is 95.5 Å². The van der Waals surface area contributed by atoms with Crippen molar-refractivity contribution in [1.82, 2.24) is 42.4 Å². The molecule has 6 amide bonds. The molecule has 4 heterocycles.